The molecule has 6 heteroatoms. The Hall–Kier alpha value is -4.34. The molecule has 1 saturated heterocycles. The van der Waals surface area contributed by atoms with Crippen LogP contribution in [-0.4, -0.2) is 21.6 Å². The number of aromatic nitrogens is 2. The zero-order valence-corrected chi connectivity index (χ0v) is 25.0. The van der Waals surface area contributed by atoms with Gasteiger partial charge in [0.05, 0.1) is 6.85 Å². The fourth-order valence-corrected chi connectivity index (χ4v) is 7.02. The van der Waals surface area contributed by atoms with Crippen molar-refractivity contribution in [2.45, 2.75) is 18.5 Å². The number of rotatable bonds is 5. The Morgan fingerprint density at radius 2 is 1.58 bits per heavy atom. The zero-order valence-electron chi connectivity index (χ0n) is 27.8. The van der Waals surface area contributed by atoms with Crippen molar-refractivity contribution in [1.82, 2.24) is 9.55 Å². The first-order valence-electron chi connectivity index (χ1n) is 16.6. The molecule has 0 radical (unpaired) electrons. The standard InChI is InChI=1S/C37H27N4O.Pt/c1-2-9-27(10-3-1)39-24-40(37-26-17-16-25(21-26)36(37)39)28-11-8-12-29(22-28)42-30-18-19-32-31-13-4-5-14-33(31)41(34(32)23-30)35-15-6-7-20-38-35;/h1-20,24-26,36-37H,21H2;/q-3;/t25?,26-,36?,37+;/m1./s1/i1D,2D,3D,9D,10D;. The summed E-state index contributed by atoms with van der Waals surface area (Å²) in [6.07, 6.45) is 7.17. The fourth-order valence-electron chi connectivity index (χ4n) is 7.02. The van der Waals surface area contributed by atoms with Crippen LogP contribution in [0.25, 0.3) is 27.6 Å². The summed E-state index contributed by atoms with van der Waals surface area (Å²) in [6, 6.07) is 29.2. The third kappa shape index (κ3) is 4.21. The quantitative estimate of drug-likeness (QED) is 0.133. The van der Waals surface area contributed by atoms with Gasteiger partial charge in [0.2, 0.25) is 0 Å². The van der Waals surface area contributed by atoms with Gasteiger partial charge in [0, 0.05) is 62.0 Å². The van der Waals surface area contributed by atoms with E-state index in [0.717, 1.165) is 39.7 Å². The molecule has 3 aliphatic rings. The number of fused-ring (bicyclic) bond motifs is 8. The van der Waals surface area contributed by atoms with Crippen LogP contribution in [0.3, 0.4) is 0 Å². The Labute approximate surface area is 272 Å². The Morgan fingerprint density at radius 1 is 0.791 bits per heavy atom. The Bertz CT molecular complexity index is 2230. The van der Waals surface area contributed by atoms with E-state index in [4.69, 9.17) is 11.6 Å². The molecule has 1 aliphatic heterocycles. The maximum Gasteiger partial charge on any atom is 0.135 e. The van der Waals surface area contributed by atoms with E-state index in [1.165, 1.54) is 0 Å². The molecule has 1 saturated carbocycles. The number of ether oxygens (including phenoxy) is 1. The van der Waals surface area contributed by atoms with Gasteiger partial charge in [0.1, 0.15) is 5.82 Å². The molecule has 3 heterocycles. The van der Waals surface area contributed by atoms with E-state index in [0.29, 0.717) is 11.5 Å². The minimum Gasteiger partial charge on any atom is -0.519 e. The summed E-state index contributed by atoms with van der Waals surface area (Å²) < 4.78 is 50.5. The van der Waals surface area contributed by atoms with Crippen LogP contribution in [0.4, 0.5) is 11.4 Å². The van der Waals surface area contributed by atoms with Gasteiger partial charge in [-0.1, -0.05) is 60.1 Å². The van der Waals surface area contributed by atoms with Gasteiger partial charge in [0.25, 0.3) is 0 Å². The largest absolute Gasteiger partial charge is 0.519 e. The van der Waals surface area contributed by atoms with E-state index in [9.17, 15) is 0 Å². The number of para-hydroxylation sites is 2. The molecule has 0 amide bonds. The summed E-state index contributed by atoms with van der Waals surface area (Å²) in [6.45, 7) is 1.88. The van der Waals surface area contributed by atoms with Gasteiger partial charge < -0.3 is 19.1 Å². The first kappa shape index (κ1) is 21.4. The Morgan fingerprint density at radius 3 is 2.42 bits per heavy atom. The van der Waals surface area contributed by atoms with Crippen molar-refractivity contribution in [2.24, 2.45) is 11.8 Å². The van der Waals surface area contributed by atoms with Crippen LogP contribution in [-0.2, 0) is 21.1 Å². The van der Waals surface area contributed by atoms with Crippen molar-refractivity contribution in [1.29, 1.82) is 0 Å². The van der Waals surface area contributed by atoms with Gasteiger partial charge in [-0.3, -0.25) is 0 Å². The van der Waals surface area contributed by atoms with Gasteiger partial charge in [-0.05, 0) is 53.9 Å². The van der Waals surface area contributed by atoms with Crippen LogP contribution < -0.4 is 14.5 Å². The molecular weight excluding hydrogens is 712 g/mol. The number of hydrogen-bond donors (Lipinski definition) is 0. The second-order valence-corrected chi connectivity index (χ2v) is 11.0. The van der Waals surface area contributed by atoms with Crippen LogP contribution in [0, 0.1) is 30.6 Å². The van der Waals surface area contributed by atoms with Gasteiger partial charge in [-0.2, -0.15) is 24.9 Å². The Kier molecular flexibility index (Phi) is 5.18. The summed E-state index contributed by atoms with van der Waals surface area (Å²) in [7, 11) is 0. The maximum absolute atomic E-state index is 8.67. The summed E-state index contributed by atoms with van der Waals surface area (Å²) in [4.78, 5) is 8.62. The number of benzene rings is 4. The second-order valence-electron chi connectivity index (χ2n) is 11.0. The van der Waals surface area contributed by atoms with Crippen molar-refractivity contribution >= 4 is 33.2 Å². The number of anilines is 2. The normalized spacial score (nSPS) is 23.5. The van der Waals surface area contributed by atoms with Crippen LogP contribution in [0.1, 0.15) is 13.3 Å². The van der Waals surface area contributed by atoms with Gasteiger partial charge in [0.15, 0.2) is 0 Å². The first-order valence-corrected chi connectivity index (χ1v) is 14.1. The van der Waals surface area contributed by atoms with E-state index >= 15 is 0 Å². The van der Waals surface area contributed by atoms with Gasteiger partial charge in [-0.15, -0.1) is 35.3 Å². The molecule has 2 aliphatic carbocycles. The molecule has 4 atom stereocenters. The topological polar surface area (TPSA) is 33.5 Å². The number of hydrogen-bond acceptors (Lipinski definition) is 4. The molecule has 214 valence electrons. The van der Waals surface area contributed by atoms with E-state index in [2.05, 4.69) is 50.9 Å². The Balaban J connectivity index is 0.00000336. The van der Waals surface area contributed by atoms with Crippen LogP contribution in [0.5, 0.6) is 11.5 Å². The van der Waals surface area contributed by atoms with Gasteiger partial charge in [-0.25, -0.2) is 4.98 Å². The van der Waals surface area contributed by atoms with Crippen molar-refractivity contribution in [2.75, 3.05) is 9.80 Å². The van der Waals surface area contributed by atoms with Crippen LogP contribution in [0.2, 0.25) is 0 Å². The molecular formula is C37H27N4OPt-3. The summed E-state index contributed by atoms with van der Waals surface area (Å²) in [5.41, 5.74) is 2.87. The first-order chi connectivity index (χ1) is 22.9. The smallest absolute Gasteiger partial charge is 0.135 e. The SMILES string of the molecule is [2H]c1c([2H])c([2H])c(N2[CH-]N(c3[c-]c(Oc4[c-]c5c(cc4)c4ccccc4n5-c4ccccn4)ccc3)[C@@H]3C2C2C=C[C@@H]3C2)c([2H])c1[2H].[Pt]. The molecule has 0 spiro atoms. The molecule has 6 aromatic rings. The molecule has 43 heavy (non-hydrogen) atoms. The third-order valence-corrected chi connectivity index (χ3v) is 8.70. The molecule has 2 unspecified atom stereocenters. The monoisotopic (exact) mass is 743 g/mol. The van der Waals surface area contributed by atoms with Crippen LogP contribution in [0.15, 0.2) is 121 Å². The van der Waals surface area contributed by atoms with Crippen molar-refractivity contribution < 1.29 is 32.7 Å². The van der Waals surface area contributed by atoms with Crippen LogP contribution >= 0.6 is 0 Å². The molecule has 2 aromatic heterocycles. The number of nitrogens with zero attached hydrogens (tertiary/aromatic N) is 4. The number of pyridine rings is 1. The zero-order chi connectivity index (χ0) is 32.0. The van der Waals surface area contributed by atoms with Crippen molar-refractivity contribution in [3.63, 3.8) is 0 Å². The predicted molar refractivity (Wildman–Crippen MR) is 167 cm³/mol. The minimum absolute atomic E-state index is 0. The van der Waals surface area contributed by atoms with Crippen molar-refractivity contribution in [3.05, 3.63) is 140 Å². The minimum atomic E-state index is -0.391. The van der Waals surface area contributed by atoms with Crippen molar-refractivity contribution in [3.8, 4) is 17.3 Å². The average molecular weight is 744 g/mol. The third-order valence-electron chi connectivity index (χ3n) is 8.70. The molecule has 2 bridgehead atoms. The summed E-state index contributed by atoms with van der Waals surface area (Å²) in [5, 5.41) is 2.15. The predicted octanol–water partition coefficient (Wildman–Crippen LogP) is 7.96. The molecule has 9 rings (SSSR count). The maximum atomic E-state index is 8.67. The summed E-state index contributed by atoms with van der Waals surface area (Å²) in [5.74, 6) is 2.32. The molecule has 5 nitrogen and oxygen atoms in total. The van der Waals surface area contributed by atoms with E-state index in [1.54, 1.807) is 6.20 Å². The van der Waals surface area contributed by atoms with E-state index in [-0.39, 0.29) is 74.8 Å². The second kappa shape index (κ2) is 10.4. The van der Waals surface area contributed by atoms with Gasteiger partial charge >= 0.3 is 0 Å². The average Bonchev–Trinajstić information content (AvgIpc) is 3.88. The van der Waals surface area contributed by atoms with E-state index in [1.807, 2.05) is 72.2 Å². The van der Waals surface area contributed by atoms with E-state index < -0.39 is 6.04 Å². The molecule has 4 aromatic carbocycles. The fraction of sp³-hybridized carbons (Fsp3) is 0.135. The molecule has 2 fully saturated rings. The summed E-state index contributed by atoms with van der Waals surface area (Å²) >= 11 is 0. The molecule has 0 N–H and O–H groups in total.